The smallest absolute Gasteiger partial charge is 0.0428 e. The molecular weight excluding hydrogens is 236 g/mol. The molecule has 0 heterocycles. The molecule has 19 heavy (non-hydrogen) atoms. The van der Waals surface area contributed by atoms with Crippen LogP contribution in [0, 0.1) is 5.92 Å². The molecule has 0 radical (unpaired) electrons. The molecule has 124 valence electrons. The molecule has 0 spiro atoms. The second-order valence-corrected chi connectivity index (χ2v) is 4.38. The molecular formula is C17H44O2. The fraction of sp³-hybridized carbons (Fsp3) is 1.00. The molecule has 2 nitrogen and oxygen atoms in total. The van der Waals surface area contributed by atoms with E-state index in [1.807, 2.05) is 6.92 Å². The Kier molecular flexibility index (Phi) is 86.0. The molecule has 0 bridgehead atoms. The van der Waals surface area contributed by atoms with Gasteiger partial charge in [-0.15, -0.1) is 0 Å². The summed E-state index contributed by atoms with van der Waals surface area (Å²) in [4.78, 5) is 0. The lowest BCUT2D eigenvalue weighted by Crippen LogP contribution is -1.85. The molecule has 2 heteroatoms. The standard InChI is InChI=1S/C6H14.C3H8O.2C3H8.C2H6O/c1-4-6(3)5-2;1-2-3-4;2*1-3-2;1-2-3/h6H,4-5H2,1-3H3;4H,2-3H2,1H3;2*3H2,1-2H3;3H,2H2,1H3. The van der Waals surface area contributed by atoms with E-state index < -0.39 is 0 Å². The number of hydrogen-bond donors (Lipinski definition) is 2. The molecule has 0 unspecified atom stereocenters. The Bertz CT molecular complexity index is 64.9. The van der Waals surface area contributed by atoms with Gasteiger partial charge in [-0.3, -0.25) is 0 Å². The lowest BCUT2D eigenvalue weighted by molar-refractivity contribution is 0.295. The minimum absolute atomic E-state index is 0.250. The van der Waals surface area contributed by atoms with Gasteiger partial charge in [-0.05, 0) is 19.3 Å². The Hall–Kier alpha value is -0.0800. The zero-order chi connectivity index (χ0) is 16.5. The molecule has 0 saturated heterocycles. The molecule has 0 aliphatic carbocycles. The van der Waals surface area contributed by atoms with Crippen molar-refractivity contribution in [2.24, 2.45) is 5.92 Å². The Morgan fingerprint density at radius 3 is 0.842 bits per heavy atom. The Morgan fingerprint density at radius 1 is 0.684 bits per heavy atom. The van der Waals surface area contributed by atoms with E-state index >= 15 is 0 Å². The van der Waals surface area contributed by atoms with Crippen LogP contribution in [0.5, 0.6) is 0 Å². The lowest BCUT2D eigenvalue weighted by Gasteiger charge is -1.98. The van der Waals surface area contributed by atoms with E-state index in [9.17, 15) is 0 Å². The van der Waals surface area contributed by atoms with Crippen LogP contribution in [0.1, 0.15) is 94.4 Å². The van der Waals surface area contributed by atoms with E-state index in [1.54, 1.807) is 6.92 Å². The van der Waals surface area contributed by atoms with Crippen molar-refractivity contribution in [3.63, 3.8) is 0 Å². The third kappa shape index (κ3) is 188. The molecule has 0 aliphatic heterocycles. The number of hydrogen-bond acceptors (Lipinski definition) is 2. The van der Waals surface area contributed by atoms with Gasteiger partial charge in [0.2, 0.25) is 0 Å². The molecule has 0 aromatic heterocycles. The van der Waals surface area contributed by atoms with Crippen molar-refractivity contribution in [3.05, 3.63) is 0 Å². The second-order valence-electron chi connectivity index (χ2n) is 4.38. The Labute approximate surface area is 124 Å². The summed E-state index contributed by atoms with van der Waals surface area (Å²) in [5, 5.41) is 15.4. The van der Waals surface area contributed by atoms with Crippen molar-refractivity contribution in [1.82, 2.24) is 0 Å². The van der Waals surface area contributed by atoms with Crippen LogP contribution in [0.15, 0.2) is 0 Å². The Balaban J connectivity index is -0.0000000448. The van der Waals surface area contributed by atoms with Gasteiger partial charge in [0.15, 0.2) is 0 Å². The average molecular weight is 281 g/mol. The molecule has 0 rings (SSSR count). The number of aliphatic hydroxyl groups excluding tert-OH is 2. The van der Waals surface area contributed by atoms with Gasteiger partial charge in [-0.25, -0.2) is 0 Å². The van der Waals surface area contributed by atoms with Gasteiger partial charge in [0.05, 0.1) is 0 Å². The summed E-state index contributed by atoms with van der Waals surface area (Å²) in [6, 6.07) is 0. The van der Waals surface area contributed by atoms with Gasteiger partial charge < -0.3 is 10.2 Å². The maximum Gasteiger partial charge on any atom is 0.0428 e. The zero-order valence-electron chi connectivity index (χ0n) is 15.4. The molecule has 0 saturated carbocycles. The van der Waals surface area contributed by atoms with Gasteiger partial charge >= 0.3 is 0 Å². The summed E-state index contributed by atoms with van der Waals surface area (Å²) in [6.07, 6.45) is 6.03. The van der Waals surface area contributed by atoms with Gasteiger partial charge in [0.1, 0.15) is 0 Å². The summed E-state index contributed by atoms with van der Waals surface area (Å²) in [5.41, 5.74) is 0. The summed E-state index contributed by atoms with van der Waals surface area (Å²) in [7, 11) is 0. The predicted octanol–water partition coefficient (Wildman–Crippen LogP) is 5.66. The summed E-state index contributed by atoms with van der Waals surface area (Å²) in [6.45, 7) is 19.4. The Morgan fingerprint density at radius 2 is 0.842 bits per heavy atom. The highest BCUT2D eigenvalue weighted by Gasteiger charge is 1.88. The van der Waals surface area contributed by atoms with Crippen LogP contribution in [0.3, 0.4) is 0 Å². The number of aliphatic hydroxyl groups is 2. The van der Waals surface area contributed by atoms with Crippen molar-refractivity contribution in [2.45, 2.75) is 94.4 Å². The van der Waals surface area contributed by atoms with E-state index in [4.69, 9.17) is 10.2 Å². The third-order valence-electron chi connectivity index (χ3n) is 1.62. The van der Waals surface area contributed by atoms with Crippen molar-refractivity contribution < 1.29 is 10.2 Å². The predicted molar refractivity (Wildman–Crippen MR) is 91.8 cm³/mol. The van der Waals surface area contributed by atoms with Gasteiger partial charge in [0, 0.05) is 13.2 Å². The SMILES string of the molecule is CCC.CCC.CCC(C)CC.CCCO.CCO. The van der Waals surface area contributed by atoms with E-state index in [0.717, 1.165) is 12.3 Å². The minimum atomic E-state index is 0.250. The third-order valence-corrected chi connectivity index (χ3v) is 1.62. The molecule has 0 aliphatic rings. The van der Waals surface area contributed by atoms with Gasteiger partial charge in [0.25, 0.3) is 0 Å². The summed E-state index contributed by atoms with van der Waals surface area (Å²) in [5.74, 6) is 0.935. The quantitative estimate of drug-likeness (QED) is 0.700. The average Bonchev–Trinajstić information content (AvgIpc) is 2.41. The van der Waals surface area contributed by atoms with Crippen LogP contribution >= 0.6 is 0 Å². The number of rotatable bonds is 3. The molecule has 0 aromatic rings. The fourth-order valence-electron chi connectivity index (χ4n) is 0.289. The van der Waals surface area contributed by atoms with Gasteiger partial charge in [-0.1, -0.05) is 81.1 Å². The van der Waals surface area contributed by atoms with E-state index in [1.165, 1.54) is 25.7 Å². The molecule has 2 N–H and O–H groups in total. The summed E-state index contributed by atoms with van der Waals surface area (Å²) >= 11 is 0. The largest absolute Gasteiger partial charge is 0.397 e. The van der Waals surface area contributed by atoms with E-state index in [2.05, 4.69) is 48.5 Å². The van der Waals surface area contributed by atoms with Crippen molar-refractivity contribution >= 4 is 0 Å². The molecule has 0 atom stereocenters. The van der Waals surface area contributed by atoms with Crippen molar-refractivity contribution in [3.8, 4) is 0 Å². The normalized spacial score (nSPS) is 7.58. The topological polar surface area (TPSA) is 40.5 Å². The highest BCUT2D eigenvalue weighted by atomic mass is 16.3. The fourth-order valence-corrected chi connectivity index (χ4v) is 0.289. The summed E-state index contributed by atoms with van der Waals surface area (Å²) < 4.78 is 0. The first-order valence-corrected chi connectivity index (χ1v) is 8.18. The van der Waals surface area contributed by atoms with Crippen LogP contribution in [-0.4, -0.2) is 23.4 Å². The first kappa shape index (κ1) is 31.4. The molecule has 0 fully saturated rings. The first-order chi connectivity index (χ1) is 8.96. The van der Waals surface area contributed by atoms with Gasteiger partial charge in [-0.2, -0.15) is 0 Å². The van der Waals surface area contributed by atoms with Crippen molar-refractivity contribution in [2.75, 3.05) is 13.2 Å². The van der Waals surface area contributed by atoms with Crippen LogP contribution in [0.25, 0.3) is 0 Å². The van der Waals surface area contributed by atoms with Crippen LogP contribution in [0.4, 0.5) is 0 Å². The second kappa shape index (κ2) is 52.1. The van der Waals surface area contributed by atoms with Crippen LogP contribution < -0.4 is 0 Å². The highest BCUT2D eigenvalue weighted by molar-refractivity contribution is 4.41. The first-order valence-electron chi connectivity index (χ1n) is 8.18. The van der Waals surface area contributed by atoms with Crippen molar-refractivity contribution in [1.29, 1.82) is 0 Å². The lowest BCUT2D eigenvalue weighted by atomic mass is 10.1. The molecule has 0 aromatic carbocycles. The minimum Gasteiger partial charge on any atom is -0.397 e. The molecule has 0 amide bonds. The highest BCUT2D eigenvalue weighted by Crippen LogP contribution is 2.02. The van der Waals surface area contributed by atoms with E-state index in [-0.39, 0.29) is 6.61 Å². The maximum absolute atomic E-state index is 7.88. The monoisotopic (exact) mass is 280 g/mol. The maximum atomic E-state index is 7.88. The van der Waals surface area contributed by atoms with E-state index in [0.29, 0.717) is 6.61 Å². The van der Waals surface area contributed by atoms with Crippen LogP contribution in [0.2, 0.25) is 0 Å². The van der Waals surface area contributed by atoms with Crippen LogP contribution in [-0.2, 0) is 0 Å². The zero-order valence-corrected chi connectivity index (χ0v) is 15.4.